The highest BCUT2D eigenvalue weighted by Gasteiger charge is 2.36. The SMILES string of the molecule is COc1cc(N2CCN3[C@@H](CCC[C@@H]3c3ccc(OCC4CCC(=O)N4)c(C)c3C)C2)ccc1Cl. The molecule has 0 aliphatic carbocycles. The van der Waals surface area contributed by atoms with Gasteiger partial charge in [0.25, 0.3) is 0 Å². The van der Waals surface area contributed by atoms with E-state index < -0.39 is 0 Å². The Bertz CT molecular complexity index is 1090. The van der Waals surface area contributed by atoms with Crippen LogP contribution in [0.2, 0.25) is 5.02 Å². The molecule has 2 aromatic carbocycles. The summed E-state index contributed by atoms with van der Waals surface area (Å²) in [6.07, 6.45) is 5.12. The van der Waals surface area contributed by atoms with Gasteiger partial charge in [-0.2, -0.15) is 0 Å². The Morgan fingerprint density at radius 3 is 2.69 bits per heavy atom. The lowest BCUT2D eigenvalue weighted by Crippen LogP contribution is -2.56. The standard InChI is InChI=1S/C28H36ClN3O3/c1-18-19(2)26(35-17-20-7-12-28(33)30-20)11-9-23(18)25-6-4-5-22-16-31(13-14-32(22)25)21-8-10-24(29)27(15-21)34-3/h8-11,15,20,22,25H,4-7,12-14,16-17H2,1-3H3,(H,30,33)/t20?,22-,25+/m0/s1. The minimum atomic E-state index is 0.123. The van der Waals surface area contributed by atoms with Crippen LogP contribution in [0.4, 0.5) is 5.69 Å². The normalized spacial score (nSPS) is 24.7. The molecule has 0 saturated carbocycles. The van der Waals surface area contributed by atoms with Crippen LogP contribution in [0, 0.1) is 13.8 Å². The zero-order valence-electron chi connectivity index (χ0n) is 21.0. The third-order valence-corrected chi connectivity index (χ3v) is 8.42. The number of hydrogen-bond donors (Lipinski definition) is 1. The highest BCUT2D eigenvalue weighted by Crippen LogP contribution is 2.40. The van der Waals surface area contributed by atoms with Gasteiger partial charge in [-0.05, 0) is 74.4 Å². The molecule has 0 aromatic heterocycles. The van der Waals surface area contributed by atoms with Crippen molar-refractivity contribution in [2.24, 2.45) is 0 Å². The zero-order chi connectivity index (χ0) is 24.5. The summed E-state index contributed by atoms with van der Waals surface area (Å²) in [4.78, 5) is 16.7. The van der Waals surface area contributed by atoms with Gasteiger partial charge in [-0.1, -0.05) is 17.7 Å². The molecule has 3 saturated heterocycles. The zero-order valence-corrected chi connectivity index (χ0v) is 21.7. The van der Waals surface area contributed by atoms with Crippen molar-refractivity contribution in [1.82, 2.24) is 10.2 Å². The van der Waals surface area contributed by atoms with E-state index in [1.807, 2.05) is 6.07 Å². The number of nitrogens with zero attached hydrogens (tertiary/aromatic N) is 2. The summed E-state index contributed by atoms with van der Waals surface area (Å²) in [6.45, 7) is 7.98. The Hall–Kier alpha value is -2.44. The Morgan fingerprint density at radius 2 is 1.91 bits per heavy atom. The van der Waals surface area contributed by atoms with Crippen LogP contribution in [0.1, 0.15) is 54.8 Å². The summed E-state index contributed by atoms with van der Waals surface area (Å²) >= 11 is 6.25. The second-order valence-electron chi connectivity index (χ2n) is 10.1. The molecule has 1 amide bonds. The molecule has 3 aliphatic heterocycles. The molecule has 7 heteroatoms. The van der Waals surface area contributed by atoms with Gasteiger partial charge in [0.05, 0.1) is 18.2 Å². The Kier molecular flexibility index (Phi) is 7.12. The van der Waals surface area contributed by atoms with Crippen LogP contribution in [-0.4, -0.2) is 56.2 Å². The van der Waals surface area contributed by atoms with E-state index in [0.29, 0.717) is 30.1 Å². The minimum absolute atomic E-state index is 0.123. The van der Waals surface area contributed by atoms with E-state index in [2.05, 4.69) is 53.2 Å². The predicted molar refractivity (Wildman–Crippen MR) is 140 cm³/mol. The number of fused-ring (bicyclic) bond motifs is 1. The van der Waals surface area contributed by atoms with Crippen molar-refractivity contribution in [3.05, 3.63) is 52.0 Å². The number of carbonyl (C=O) groups is 1. The molecule has 6 nitrogen and oxygen atoms in total. The number of halogens is 1. The van der Waals surface area contributed by atoms with Crippen molar-refractivity contribution >= 4 is 23.2 Å². The maximum absolute atomic E-state index is 11.5. The number of rotatable bonds is 6. The van der Waals surface area contributed by atoms with Gasteiger partial charge < -0.3 is 19.7 Å². The molecule has 188 valence electrons. The third-order valence-electron chi connectivity index (χ3n) is 8.11. The van der Waals surface area contributed by atoms with Gasteiger partial charge in [-0.25, -0.2) is 0 Å². The van der Waals surface area contributed by atoms with E-state index in [1.54, 1.807) is 7.11 Å². The van der Waals surface area contributed by atoms with Crippen molar-refractivity contribution in [2.45, 2.75) is 64.1 Å². The second kappa shape index (κ2) is 10.3. The minimum Gasteiger partial charge on any atom is -0.495 e. The van der Waals surface area contributed by atoms with Crippen LogP contribution >= 0.6 is 11.6 Å². The van der Waals surface area contributed by atoms with Crippen molar-refractivity contribution in [3.8, 4) is 11.5 Å². The number of ether oxygens (including phenoxy) is 2. The number of nitrogens with one attached hydrogen (secondary N) is 1. The van der Waals surface area contributed by atoms with Gasteiger partial charge in [0.1, 0.15) is 18.1 Å². The van der Waals surface area contributed by atoms with Crippen LogP contribution in [-0.2, 0) is 4.79 Å². The van der Waals surface area contributed by atoms with Crippen molar-refractivity contribution in [3.63, 3.8) is 0 Å². The van der Waals surface area contributed by atoms with E-state index in [1.165, 1.54) is 41.6 Å². The first-order valence-corrected chi connectivity index (χ1v) is 13.2. The molecule has 3 aliphatic rings. The monoisotopic (exact) mass is 497 g/mol. The maximum atomic E-state index is 11.5. The predicted octanol–water partition coefficient (Wildman–Crippen LogP) is 5.04. The Labute approximate surface area is 213 Å². The number of hydrogen-bond acceptors (Lipinski definition) is 5. The van der Waals surface area contributed by atoms with Crippen molar-refractivity contribution < 1.29 is 14.3 Å². The Balaban J connectivity index is 1.28. The van der Waals surface area contributed by atoms with Gasteiger partial charge >= 0.3 is 0 Å². The molecule has 35 heavy (non-hydrogen) atoms. The molecule has 5 rings (SSSR count). The molecule has 3 heterocycles. The molecule has 1 N–H and O–H groups in total. The van der Waals surface area contributed by atoms with Gasteiger partial charge in [0, 0.05) is 49.9 Å². The molecule has 0 bridgehead atoms. The quantitative estimate of drug-likeness (QED) is 0.606. The average molecular weight is 498 g/mol. The highest BCUT2D eigenvalue weighted by molar-refractivity contribution is 6.32. The third kappa shape index (κ3) is 4.96. The first-order chi connectivity index (χ1) is 16.9. The largest absolute Gasteiger partial charge is 0.495 e. The van der Waals surface area contributed by atoms with Crippen LogP contribution < -0.4 is 19.7 Å². The molecule has 3 fully saturated rings. The molecule has 2 aromatic rings. The lowest BCUT2D eigenvalue weighted by molar-refractivity contribution is -0.119. The van der Waals surface area contributed by atoms with E-state index in [9.17, 15) is 4.79 Å². The fourth-order valence-electron chi connectivity index (χ4n) is 5.99. The lowest BCUT2D eigenvalue weighted by Gasteiger charge is -2.49. The molecular weight excluding hydrogens is 462 g/mol. The second-order valence-corrected chi connectivity index (χ2v) is 10.5. The first-order valence-electron chi connectivity index (χ1n) is 12.8. The summed E-state index contributed by atoms with van der Waals surface area (Å²) in [5.41, 5.74) is 5.14. The van der Waals surface area contributed by atoms with Crippen molar-refractivity contribution in [1.29, 1.82) is 0 Å². The topological polar surface area (TPSA) is 54.0 Å². The number of amides is 1. The maximum Gasteiger partial charge on any atom is 0.220 e. The summed E-state index contributed by atoms with van der Waals surface area (Å²) in [7, 11) is 1.67. The van der Waals surface area contributed by atoms with E-state index in [0.717, 1.165) is 37.6 Å². The molecule has 3 atom stereocenters. The molecule has 0 radical (unpaired) electrons. The van der Waals surface area contributed by atoms with Gasteiger partial charge in [0.2, 0.25) is 5.91 Å². The Morgan fingerprint density at radius 1 is 1.06 bits per heavy atom. The fourth-order valence-corrected chi connectivity index (χ4v) is 6.18. The number of piperidine rings is 1. The van der Waals surface area contributed by atoms with Gasteiger partial charge in [-0.3, -0.25) is 9.69 Å². The summed E-state index contributed by atoms with van der Waals surface area (Å²) < 4.78 is 11.6. The smallest absolute Gasteiger partial charge is 0.220 e. The molecule has 1 unspecified atom stereocenters. The number of methoxy groups -OCH3 is 1. The van der Waals surface area contributed by atoms with Crippen LogP contribution in [0.25, 0.3) is 0 Å². The number of carbonyl (C=O) groups excluding carboxylic acids is 1. The molecular formula is C28H36ClN3O3. The number of anilines is 1. The highest BCUT2D eigenvalue weighted by atomic mass is 35.5. The number of piperazine rings is 1. The summed E-state index contributed by atoms with van der Waals surface area (Å²) in [6, 6.07) is 11.6. The molecule has 0 spiro atoms. The average Bonchev–Trinajstić information content (AvgIpc) is 3.29. The summed E-state index contributed by atoms with van der Waals surface area (Å²) in [5, 5.41) is 3.64. The summed E-state index contributed by atoms with van der Waals surface area (Å²) in [5.74, 6) is 1.79. The van der Waals surface area contributed by atoms with E-state index in [-0.39, 0.29) is 11.9 Å². The van der Waals surface area contributed by atoms with Gasteiger partial charge in [-0.15, -0.1) is 0 Å². The lowest BCUT2D eigenvalue weighted by atomic mass is 9.86. The van der Waals surface area contributed by atoms with E-state index >= 15 is 0 Å². The van der Waals surface area contributed by atoms with Gasteiger partial charge in [0.15, 0.2) is 0 Å². The van der Waals surface area contributed by atoms with Crippen LogP contribution in [0.3, 0.4) is 0 Å². The number of benzene rings is 2. The van der Waals surface area contributed by atoms with Crippen LogP contribution in [0.5, 0.6) is 11.5 Å². The first kappa shape index (κ1) is 24.3. The fraction of sp³-hybridized carbons (Fsp3) is 0.536. The van der Waals surface area contributed by atoms with Crippen molar-refractivity contribution in [2.75, 3.05) is 38.3 Å². The van der Waals surface area contributed by atoms with Crippen LogP contribution in [0.15, 0.2) is 30.3 Å². The van der Waals surface area contributed by atoms with E-state index in [4.69, 9.17) is 21.1 Å².